The molecule has 1 aromatic carbocycles. The standard InChI is InChI=1S/C15H19F3N2O/c1-10-3-4-11(9-12(10)15(16,17)18)20-13(21)14(2)5-7-19-8-6-14/h3-4,9,19H,5-8H2,1-2H3,(H,20,21). The van der Waals surface area contributed by atoms with Gasteiger partial charge in [-0.3, -0.25) is 4.79 Å². The number of alkyl halides is 3. The molecule has 116 valence electrons. The van der Waals surface area contributed by atoms with Crippen LogP contribution in [0.3, 0.4) is 0 Å². The zero-order valence-corrected chi connectivity index (χ0v) is 12.1. The third-order valence-electron chi connectivity index (χ3n) is 4.06. The van der Waals surface area contributed by atoms with Crippen molar-refractivity contribution in [3.63, 3.8) is 0 Å². The van der Waals surface area contributed by atoms with Crippen molar-refractivity contribution < 1.29 is 18.0 Å². The van der Waals surface area contributed by atoms with Crippen LogP contribution < -0.4 is 10.6 Å². The summed E-state index contributed by atoms with van der Waals surface area (Å²) in [6.07, 6.45) is -3.06. The van der Waals surface area contributed by atoms with Crippen LogP contribution >= 0.6 is 0 Å². The SMILES string of the molecule is Cc1ccc(NC(=O)C2(C)CCNCC2)cc1C(F)(F)F. The molecule has 0 aliphatic carbocycles. The van der Waals surface area contributed by atoms with Crippen LogP contribution in [0.25, 0.3) is 0 Å². The summed E-state index contributed by atoms with van der Waals surface area (Å²) >= 11 is 0. The maximum Gasteiger partial charge on any atom is 0.416 e. The zero-order chi connectivity index (χ0) is 15.7. The van der Waals surface area contributed by atoms with Crippen LogP contribution in [0.5, 0.6) is 0 Å². The summed E-state index contributed by atoms with van der Waals surface area (Å²) in [4.78, 5) is 12.3. The van der Waals surface area contributed by atoms with Gasteiger partial charge in [0.25, 0.3) is 0 Å². The van der Waals surface area contributed by atoms with Crippen molar-refractivity contribution in [2.45, 2.75) is 32.9 Å². The molecule has 0 radical (unpaired) electrons. The fraction of sp³-hybridized carbons (Fsp3) is 0.533. The molecule has 1 aliphatic rings. The first kappa shape index (κ1) is 15.8. The van der Waals surface area contributed by atoms with Gasteiger partial charge >= 0.3 is 6.18 Å². The molecular formula is C15H19F3N2O. The van der Waals surface area contributed by atoms with E-state index < -0.39 is 17.2 Å². The second kappa shape index (κ2) is 5.67. The summed E-state index contributed by atoms with van der Waals surface area (Å²) < 4.78 is 38.6. The number of hydrogen-bond acceptors (Lipinski definition) is 2. The molecular weight excluding hydrogens is 281 g/mol. The van der Waals surface area contributed by atoms with Gasteiger partial charge in [-0.25, -0.2) is 0 Å². The molecule has 0 aromatic heterocycles. The quantitative estimate of drug-likeness (QED) is 0.879. The van der Waals surface area contributed by atoms with Crippen LogP contribution in [0.15, 0.2) is 18.2 Å². The van der Waals surface area contributed by atoms with Gasteiger partial charge < -0.3 is 10.6 Å². The van der Waals surface area contributed by atoms with Gasteiger partial charge in [0.05, 0.1) is 5.56 Å². The minimum atomic E-state index is -4.41. The van der Waals surface area contributed by atoms with Gasteiger partial charge in [0.15, 0.2) is 0 Å². The molecule has 2 rings (SSSR count). The summed E-state index contributed by atoms with van der Waals surface area (Å²) in [5.74, 6) is -0.221. The second-order valence-corrected chi connectivity index (χ2v) is 5.79. The molecule has 0 bridgehead atoms. The highest BCUT2D eigenvalue weighted by molar-refractivity contribution is 5.95. The second-order valence-electron chi connectivity index (χ2n) is 5.79. The highest BCUT2D eigenvalue weighted by atomic mass is 19.4. The summed E-state index contributed by atoms with van der Waals surface area (Å²) in [7, 11) is 0. The molecule has 0 unspecified atom stereocenters. The first-order valence-electron chi connectivity index (χ1n) is 6.92. The van der Waals surface area contributed by atoms with E-state index >= 15 is 0 Å². The number of aryl methyl sites for hydroxylation is 1. The lowest BCUT2D eigenvalue weighted by molar-refractivity contribution is -0.138. The lowest BCUT2D eigenvalue weighted by Crippen LogP contribution is -2.42. The number of anilines is 1. The average Bonchev–Trinajstić information content (AvgIpc) is 2.40. The summed E-state index contributed by atoms with van der Waals surface area (Å²) in [6.45, 7) is 4.74. The fourth-order valence-corrected chi connectivity index (χ4v) is 2.49. The van der Waals surface area contributed by atoms with Gasteiger partial charge in [0, 0.05) is 11.1 Å². The number of amides is 1. The number of hydrogen-bond donors (Lipinski definition) is 2. The molecule has 1 amide bonds. The Kier molecular flexibility index (Phi) is 4.27. The predicted molar refractivity (Wildman–Crippen MR) is 75.0 cm³/mol. The maximum absolute atomic E-state index is 12.9. The Morgan fingerprint density at radius 1 is 1.29 bits per heavy atom. The van der Waals surface area contributed by atoms with Crippen LogP contribution in [-0.4, -0.2) is 19.0 Å². The molecule has 21 heavy (non-hydrogen) atoms. The van der Waals surface area contributed by atoms with Crippen molar-refractivity contribution in [2.24, 2.45) is 5.41 Å². The van der Waals surface area contributed by atoms with Crippen molar-refractivity contribution in [3.8, 4) is 0 Å². The minimum Gasteiger partial charge on any atom is -0.326 e. The van der Waals surface area contributed by atoms with Crippen LogP contribution in [0.2, 0.25) is 0 Å². The van der Waals surface area contributed by atoms with E-state index in [0.717, 1.165) is 19.2 Å². The van der Waals surface area contributed by atoms with Crippen molar-refractivity contribution >= 4 is 11.6 Å². The van der Waals surface area contributed by atoms with E-state index in [1.165, 1.54) is 19.1 Å². The Morgan fingerprint density at radius 3 is 2.48 bits per heavy atom. The van der Waals surface area contributed by atoms with E-state index in [0.29, 0.717) is 12.8 Å². The summed E-state index contributed by atoms with van der Waals surface area (Å²) in [5, 5.41) is 5.79. The van der Waals surface area contributed by atoms with Gasteiger partial charge in [-0.2, -0.15) is 13.2 Å². The molecule has 0 saturated carbocycles. The lowest BCUT2D eigenvalue weighted by atomic mass is 9.80. The Balaban J connectivity index is 2.18. The Morgan fingerprint density at radius 2 is 1.90 bits per heavy atom. The van der Waals surface area contributed by atoms with E-state index in [1.54, 1.807) is 0 Å². The number of carbonyl (C=O) groups excluding carboxylic acids is 1. The molecule has 1 fully saturated rings. The molecule has 1 saturated heterocycles. The average molecular weight is 300 g/mol. The number of nitrogens with one attached hydrogen (secondary N) is 2. The van der Waals surface area contributed by atoms with Crippen LogP contribution in [-0.2, 0) is 11.0 Å². The lowest BCUT2D eigenvalue weighted by Gasteiger charge is -2.32. The molecule has 0 atom stereocenters. The minimum absolute atomic E-state index is 0.147. The maximum atomic E-state index is 12.9. The van der Waals surface area contributed by atoms with E-state index in [-0.39, 0.29) is 17.2 Å². The molecule has 3 nitrogen and oxygen atoms in total. The summed E-state index contributed by atoms with van der Waals surface area (Å²) in [5.41, 5.74) is -0.906. The molecule has 0 spiro atoms. The van der Waals surface area contributed by atoms with Gasteiger partial charge in [-0.1, -0.05) is 13.0 Å². The number of halogens is 3. The number of benzene rings is 1. The Bertz CT molecular complexity index is 534. The van der Waals surface area contributed by atoms with Crippen molar-refractivity contribution in [1.82, 2.24) is 5.32 Å². The van der Waals surface area contributed by atoms with Crippen molar-refractivity contribution in [3.05, 3.63) is 29.3 Å². The third-order valence-corrected chi connectivity index (χ3v) is 4.06. The van der Waals surface area contributed by atoms with Crippen LogP contribution in [0, 0.1) is 12.3 Å². The number of rotatable bonds is 2. The molecule has 1 heterocycles. The van der Waals surface area contributed by atoms with E-state index in [4.69, 9.17) is 0 Å². The van der Waals surface area contributed by atoms with Gasteiger partial charge in [0.2, 0.25) is 5.91 Å². The largest absolute Gasteiger partial charge is 0.416 e. The third kappa shape index (κ3) is 3.56. The molecule has 6 heteroatoms. The smallest absolute Gasteiger partial charge is 0.326 e. The first-order chi connectivity index (χ1) is 9.72. The predicted octanol–water partition coefficient (Wildman–Crippen LogP) is 3.34. The Hall–Kier alpha value is -1.56. The molecule has 2 N–H and O–H groups in total. The topological polar surface area (TPSA) is 41.1 Å². The first-order valence-corrected chi connectivity index (χ1v) is 6.92. The van der Waals surface area contributed by atoms with Crippen molar-refractivity contribution in [2.75, 3.05) is 18.4 Å². The number of piperidine rings is 1. The van der Waals surface area contributed by atoms with E-state index in [1.807, 2.05) is 6.92 Å². The van der Waals surface area contributed by atoms with Crippen LogP contribution in [0.1, 0.15) is 30.9 Å². The summed E-state index contributed by atoms with van der Waals surface area (Å²) in [6, 6.07) is 3.88. The Labute approximate surface area is 121 Å². The molecule has 1 aromatic rings. The van der Waals surface area contributed by atoms with Gasteiger partial charge in [-0.15, -0.1) is 0 Å². The normalized spacial score (nSPS) is 18.3. The zero-order valence-electron chi connectivity index (χ0n) is 12.1. The van der Waals surface area contributed by atoms with Crippen LogP contribution in [0.4, 0.5) is 18.9 Å². The highest BCUT2D eigenvalue weighted by Crippen LogP contribution is 2.34. The highest BCUT2D eigenvalue weighted by Gasteiger charge is 2.36. The van der Waals surface area contributed by atoms with E-state index in [9.17, 15) is 18.0 Å². The van der Waals surface area contributed by atoms with Gasteiger partial charge in [0.1, 0.15) is 0 Å². The monoisotopic (exact) mass is 300 g/mol. The molecule has 1 aliphatic heterocycles. The van der Waals surface area contributed by atoms with Crippen molar-refractivity contribution in [1.29, 1.82) is 0 Å². The van der Waals surface area contributed by atoms with E-state index in [2.05, 4.69) is 10.6 Å². The number of carbonyl (C=O) groups is 1. The fourth-order valence-electron chi connectivity index (χ4n) is 2.49. The van der Waals surface area contributed by atoms with Gasteiger partial charge in [-0.05, 0) is 50.6 Å².